The second-order valence-corrected chi connectivity index (χ2v) is 13.4. The van der Waals surface area contributed by atoms with E-state index in [9.17, 15) is 28.8 Å². The molecule has 0 saturated heterocycles. The van der Waals surface area contributed by atoms with E-state index >= 15 is 0 Å². The largest absolute Gasteiger partial charge is 0.481 e. The van der Waals surface area contributed by atoms with Crippen LogP contribution < -0.4 is 38.5 Å². The zero-order chi connectivity index (χ0) is 38.7. The number of carbonyl (C=O) groups is 6. The number of benzene rings is 2. The molecule has 2 aromatic rings. The average molecular weight is 724 g/mol. The van der Waals surface area contributed by atoms with Gasteiger partial charge in [-0.05, 0) is 56.7 Å². The maximum atomic E-state index is 14.6. The molecule has 0 spiro atoms. The third kappa shape index (κ3) is 13.4. The Morgan fingerprint density at radius 1 is 0.731 bits per heavy atom. The number of rotatable bonds is 24. The van der Waals surface area contributed by atoms with E-state index in [0.717, 1.165) is 11.1 Å². The van der Waals surface area contributed by atoms with Crippen molar-refractivity contribution in [2.24, 2.45) is 17.2 Å². The van der Waals surface area contributed by atoms with E-state index in [-0.39, 0.29) is 32.1 Å². The lowest BCUT2D eigenvalue weighted by atomic mass is 9.82. The number of nitrogens with one attached hydrogen (secondary N) is 4. The van der Waals surface area contributed by atoms with Crippen LogP contribution in [0, 0.1) is 0 Å². The van der Waals surface area contributed by atoms with E-state index in [1.807, 2.05) is 74.5 Å². The predicted molar refractivity (Wildman–Crippen MR) is 198 cm³/mol. The third-order valence-corrected chi connectivity index (χ3v) is 8.99. The summed E-state index contributed by atoms with van der Waals surface area (Å²) in [6.07, 6.45) is 2.53. The Labute approximate surface area is 306 Å². The molecule has 5 amide bonds. The first-order valence-corrected chi connectivity index (χ1v) is 18.0. The molecule has 0 heterocycles. The van der Waals surface area contributed by atoms with Gasteiger partial charge in [0.2, 0.25) is 29.5 Å². The summed E-state index contributed by atoms with van der Waals surface area (Å²) in [6.45, 7) is 5.59. The van der Waals surface area contributed by atoms with Crippen molar-refractivity contribution < 1.29 is 33.9 Å². The van der Waals surface area contributed by atoms with E-state index in [2.05, 4.69) is 21.3 Å². The molecular weight excluding hydrogens is 666 g/mol. The summed E-state index contributed by atoms with van der Waals surface area (Å²) < 4.78 is 0. The average Bonchev–Trinajstić information content (AvgIpc) is 3.10. The molecule has 0 aliphatic heterocycles. The number of nitrogens with two attached hydrogens (primary N) is 3. The molecule has 0 radical (unpaired) electrons. The summed E-state index contributed by atoms with van der Waals surface area (Å²) in [4.78, 5) is 79.2. The Morgan fingerprint density at radius 2 is 1.23 bits per heavy atom. The molecule has 0 fully saturated rings. The monoisotopic (exact) mass is 723 g/mol. The van der Waals surface area contributed by atoms with Gasteiger partial charge in [0, 0.05) is 19.3 Å². The second kappa shape index (κ2) is 21.5. The van der Waals surface area contributed by atoms with Gasteiger partial charge < -0.3 is 43.6 Å². The highest BCUT2D eigenvalue weighted by Gasteiger charge is 2.44. The SMILES string of the molecule is CCCC(CCC)(NC(=O)[C@H](C)NC(=O)C(Cc1ccccc1)(Cc1ccccc1)NC(=O)[C@@H](N)CCCCN)C(=O)N[C@@H](CCC(=O)O)C(N)=O. The minimum Gasteiger partial charge on any atom is -0.481 e. The minimum atomic E-state index is -1.58. The third-order valence-electron chi connectivity index (χ3n) is 8.99. The van der Waals surface area contributed by atoms with Crippen molar-refractivity contribution in [1.29, 1.82) is 0 Å². The van der Waals surface area contributed by atoms with Gasteiger partial charge in [0.05, 0.1) is 6.04 Å². The van der Waals surface area contributed by atoms with Crippen molar-refractivity contribution in [1.82, 2.24) is 21.3 Å². The van der Waals surface area contributed by atoms with Crippen LogP contribution in [-0.4, -0.2) is 76.4 Å². The molecule has 0 unspecified atom stereocenters. The van der Waals surface area contributed by atoms with Gasteiger partial charge in [-0.25, -0.2) is 0 Å². The van der Waals surface area contributed by atoms with Gasteiger partial charge in [-0.1, -0.05) is 93.8 Å². The lowest BCUT2D eigenvalue weighted by molar-refractivity contribution is -0.140. The van der Waals surface area contributed by atoms with Crippen molar-refractivity contribution >= 4 is 35.5 Å². The molecule has 0 aromatic heterocycles. The van der Waals surface area contributed by atoms with Crippen molar-refractivity contribution in [2.45, 2.75) is 121 Å². The van der Waals surface area contributed by atoms with Crippen molar-refractivity contribution in [3.63, 3.8) is 0 Å². The Hall–Kier alpha value is -4.82. The quantitative estimate of drug-likeness (QED) is 0.0732. The first-order valence-electron chi connectivity index (χ1n) is 18.0. The van der Waals surface area contributed by atoms with Crippen LogP contribution in [0.3, 0.4) is 0 Å². The molecule has 11 N–H and O–H groups in total. The highest BCUT2D eigenvalue weighted by atomic mass is 16.4. The first kappa shape index (κ1) is 43.3. The molecule has 2 rings (SSSR count). The van der Waals surface area contributed by atoms with Gasteiger partial charge in [-0.15, -0.1) is 0 Å². The fourth-order valence-electron chi connectivity index (χ4n) is 6.21. The minimum absolute atomic E-state index is 0.0764. The molecule has 0 aliphatic carbocycles. The Morgan fingerprint density at radius 3 is 1.69 bits per heavy atom. The summed E-state index contributed by atoms with van der Waals surface area (Å²) >= 11 is 0. The Kier molecular flexibility index (Phi) is 17.9. The van der Waals surface area contributed by atoms with E-state index in [1.165, 1.54) is 6.92 Å². The first-order chi connectivity index (χ1) is 24.7. The van der Waals surface area contributed by atoms with Crippen LogP contribution in [0.5, 0.6) is 0 Å². The Bertz CT molecular complexity index is 1430. The smallest absolute Gasteiger partial charge is 0.303 e. The summed E-state index contributed by atoms with van der Waals surface area (Å²) in [7, 11) is 0. The van der Waals surface area contributed by atoms with Crippen LogP contribution in [-0.2, 0) is 41.6 Å². The zero-order valence-corrected chi connectivity index (χ0v) is 30.6. The summed E-state index contributed by atoms with van der Waals surface area (Å²) in [5.41, 5.74) is 15.9. The molecule has 2 aromatic carbocycles. The maximum Gasteiger partial charge on any atom is 0.303 e. The number of aliphatic carboxylic acids is 1. The van der Waals surface area contributed by atoms with Crippen LogP contribution in [0.4, 0.5) is 0 Å². The predicted octanol–water partition coefficient (Wildman–Crippen LogP) is 1.58. The maximum absolute atomic E-state index is 14.6. The highest BCUT2D eigenvalue weighted by molar-refractivity contribution is 5.99. The molecule has 286 valence electrons. The van der Waals surface area contributed by atoms with E-state index in [4.69, 9.17) is 22.3 Å². The zero-order valence-electron chi connectivity index (χ0n) is 30.6. The normalized spacial score (nSPS) is 13.2. The van der Waals surface area contributed by atoms with Crippen LogP contribution in [0.15, 0.2) is 60.7 Å². The fourth-order valence-corrected chi connectivity index (χ4v) is 6.21. The number of primary amides is 1. The number of carboxylic acid groups (broad SMARTS) is 1. The molecule has 52 heavy (non-hydrogen) atoms. The number of hydrogen-bond donors (Lipinski definition) is 8. The number of hydrogen-bond acceptors (Lipinski definition) is 8. The van der Waals surface area contributed by atoms with Gasteiger partial charge in [0.15, 0.2) is 0 Å². The van der Waals surface area contributed by atoms with Crippen LogP contribution in [0.25, 0.3) is 0 Å². The van der Waals surface area contributed by atoms with E-state index in [0.29, 0.717) is 38.6 Å². The molecule has 3 atom stereocenters. The molecule has 14 nitrogen and oxygen atoms in total. The molecule has 14 heteroatoms. The lowest BCUT2D eigenvalue weighted by Gasteiger charge is -2.37. The lowest BCUT2D eigenvalue weighted by Crippen LogP contribution is -2.67. The molecule has 0 aliphatic rings. The second-order valence-electron chi connectivity index (χ2n) is 13.4. The molecule has 0 bridgehead atoms. The number of carboxylic acids is 1. The van der Waals surface area contributed by atoms with Gasteiger partial charge >= 0.3 is 5.97 Å². The van der Waals surface area contributed by atoms with Crippen LogP contribution in [0.2, 0.25) is 0 Å². The van der Waals surface area contributed by atoms with Gasteiger partial charge in [0.25, 0.3) is 0 Å². The van der Waals surface area contributed by atoms with Crippen LogP contribution in [0.1, 0.15) is 89.7 Å². The van der Waals surface area contributed by atoms with Gasteiger partial charge in [0.1, 0.15) is 23.2 Å². The van der Waals surface area contributed by atoms with Crippen LogP contribution >= 0.6 is 0 Å². The standard InChI is InChI=1S/C38H57N7O7/c1-4-21-37(22-5-2,35(51)43-30(32(41)48)19-20-31(46)47)44-33(49)26(3)42-36(52)38(24-27-14-8-6-9-15-27,25-28-16-10-7-11-17-28)45-34(50)29(40)18-12-13-23-39/h6-11,14-17,26,29-30H,4-5,12-13,18-25,39-40H2,1-3H3,(H2,41,48)(H,42,52)(H,43,51)(H,44,49)(H,45,50)(H,46,47)/t26-,29-,30-/m0/s1. The summed E-state index contributed by atoms with van der Waals surface area (Å²) in [5.74, 6) is -4.58. The number of carbonyl (C=O) groups excluding carboxylic acids is 5. The topological polar surface area (TPSA) is 249 Å². The Balaban J connectivity index is 2.48. The highest BCUT2D eigenvalue weighted by Crippen LogP contribution is 2.24. The number of amides is 5. The van der Waals surface area contributed by atoms with E-state index in [1.54, 1.807) is 0 Å². The molecular formula is C38H57N7O7. The summed E-state index contributed by atoms with van der Waals surface area (Å²) in [6, 6.07) is 15.0. The van der Waals surface area contributed by atoms with Crippen molar-refractivity contribution in [3.05, 3.63) is 71.8 Å². The van der Waals surface area contributed by atoms with Crippen molar-refractivity contribution in [2.75, 3.05) is 6.54 Å². The number of unbranched alkanes of at least 4 members (excludes halogenated alkanes) is 1. The fraction of sp³-hybridized carbons (Fsp3) is 0.526. The molecule has 0 saturated carbocycles. The van der Waals surface area contributed by atoms with Crippen molar-refractivity contribution in [3.8, 4) is 0 Å². The van der Waals surface area contributed by atoms with E-state index < -0.39 is 71.1 Å². The van der Waals surface area contributed by atoms with Gasteiger partial charge in [-0.3, -0.25) is 28.8 Å². The summed E-state index contributed by atoms with van der Waals surface area (Å²) in [5, 5.41) is 20.3. The van der Waals surface area contributed by atoms with Gasteiger partial charge in [-0.2, -0.15) is 0 Å².